The lowest BCUT2D eigenvalue weighted by atomic mass is 9.83. The van der Waals surface area contributed by atoms with Crippen LogP contribution in [0.25, 0.3) is 0 Å². The molecule has 0 aromatic carbocycles. The Bertz CT molecular complexity index is 653. The van der Waals surface area contributed by atoms with Crippen molar-refractivity contribution in [3.05, 3.63) is 22.9 Å². The Balaban J connectivity index is 2.29. The third-order valence-electron chi connectivity index (χ3n) is 3.96. The van der Waals surface area contributed by atoms with Crippen molar-refractivity contribution in [2.75, 3.05) is 13.1 Å². The molecular formula is C14H24N4O2S. The molecule has 1 aromatic rings. The van der Waals surface area contributed by atoms with Crippen molar-refractivity contribution in [3.63, 3.8) is 0 Å². The summed E-state index contributed by atoms with van der Waals surface area (Å²) >= 11 is 0. The number of hydrogen-bond donors (Lipinski definition) is 2. The molecular weight excluding hydrogens is 288 g/mol. The molecule has 0 amide bonds. The smallest absolute Gasteiger partial charge is 0.263 e. The molecule has 0 aliphatic carbocycles. The average Bonchev–Trinajstić information content (AvgIpc) is 2.79. The van der Waals surface area contributed by atoms with E-state index in [1.165, 1.54) is 9.88 Å². The van der Waals surface area contributed by atoms with Gasteiger partial charge in [-0.1, -0.05) is 32.4 Å². The molecule has 0 bridgehead atoms. The van der Waals surface area contributed by atoms with Gasteiger partial charge in [-0.05, 0) is 18.8 Å². The van der Waals surface area contributed by atoms with E-state index in [-0.39, 0.29) is 17.0 Å². The third-order valence-corrected chi connectivity index (χ3v) is 5.80. The summed E-state index contributed by atoms with van der Waals surface area (Å²) in [5, 5.41) is 6.73. The lowest BCUT2D eigenvalue weighted by molar-refractivity contribution is 0.388. The molecule has 0 saturated heterocycles. The number of aryl methyl sites for hydroxylation is 1. The predicted molar refractivity (Wildman–Crippen MR) is 82.1 cm³/mol. The molecule has 1 aliphatic heterocycles. The topological polar surface area (TPSA) is 92.1 Å². The highest BCUT2D eigenvalue weighted by Gasteiger charge is 2.32. The number of hydrogen-bond acceptors (Lipinski definition) is 4. The van der Waals surface area contributed by atoms with E-state index < -0.39 is 10.0 Å². The van der Waals surface area contributed by atoms with Crippen LogP contribution in [-0.2, 0) is 16.6 Å². The number of nitrogens with two attached hydrogens (primary N) is 1. The highest BCUT2D eigenvalue weighted by molar-refractivity contribution is 7.89. The zero-order chi connectivity index (χ0) is 15.8. The fourth-order valence-corrected chi connectivity index (χ4v) is 4.11. The zero-order valence-electron chi connectivity index (χ0n) is 13.1. The molecule has 21 heavy (non-hydrogen) atoms. The Morgan fingerprint density at radius 3 is 2.57 bits per heavy atom. The van der Waals surface area contributed by atoms with Crippen LogP contribution in [0.4, 0.5) is 0 Å². The number of nitrogens with zero attached hydrogens (tertiary/aromatic N) is 2. The number of H-pyrrole nitrogens is 1. The Morgan fingerprint density at radius 1 is 1.43 bits per heavy atom. The van der Waals surface area contributed by atoms with Gasteiger partial charge >= 0.3 is 0 Å². The Kier molecular flexibility index (Phi) is 4.28. The van der Waals surface area contributed by atoms with Gasteiger partial charge in [-0.15, -0.1) is 0 Å². The standard InChI is InChI=1S/C14H24N4O2S/c1-10-12(9-15)13(17-16-10)21(19,20)18-7-5-11(6-8-18)14(2,3)4/h5H,6-9,15H2,1-4H3,(H,16,17). The second-order valence-corrected chi connectivity index (χ2v) is 8.28. The summed E-state index contributed by atoms with van der Waals surface area (Å²) in [4.78, 5) is 0. The summed E-state index contributed by atoms with van der Waals surface area (Å²) in [5.74, 6) is 0. The van der Waals surface area contributed by atoms with Crippen LogP contribution < -0.4 is 5.73 Å². The quantitative estimate of drug-likeness (QED) is 0.828. The molecule has 7 heteroatoms. The van der Waals surface area contributed by atoms with E-state index in [2.05, 4.69) is 31.0 Å². The van der Waals surface area contributed by atoms with Crippen LogP contribution in [0, 0.1) is 12.3 Å². The first kappa shape index (κ1) is 16.2. The van der Waals surface area contributed by atoms with Gasteiger partial charge in [0, 0.05) is 30.9 Å². The Morgan fingerprint density at radius 2 is 2.10 bits per heavy atom. The summed E-state index contributed by atoms with van der Waals surface area (Å²) in [6.45, 7) is 9.26. The van der Waals surface area contributed by atoms with Gasteiger partial charge in [0.2, 0.25) is 0 Å². The van der Waals surface area contributed by atoms with Crippen LogP contribution in [0.2, 0.25) is 0 Å². The van der Waals surface area contributed by atoms with Crippen LogP contribution in [0.1, 0.15) is 38.4 Å². The van der Waals surface area contributed by atoms with Crippen molar-refractivity contribution in [1.29, 1.82) is 0 Å². The summed E-state index contributed by atoms with van der Waals surface area (Å²) in [6, 6.07) is 0. The number of aromatic amines is 1. The van der Waals surface area contributed by atoms with E-state index in [0.717, 1.165) is 6.42 Å². The van der Waals surface area contributed by atoms with Gasteiger partial charge in [-0.3, -0.25) is 5.10 Å². The van der Waals surface area contributed by atoms with Crippen molar-refractivity contribution in [2.24, 2.45) is 11.1 Å². The van der Waals surface area contributed by atoms with E-state index in [1.807, 2.05) is 6.08 Å². The molecule has 1 aliphatic rings. The molecule has 0 atom stereocenters. The van der Waals surface area contributed by atoms with Crippen LogP contribution in [-0.4, -0.2) is 36.0 Å². The van der Waals surface area contributed by atoms with Crippen molar-refractivity contribution < 1.29 is 8.42 Å². The highest BCUT2D eigenvalue weighted by Crippen LogP contribution is 2.32. The predicted octanol–water partition coefficient (Wildman–Crippen LogP) is 1.54. The molecule has 0 saturated carbocycles. The zero-order valence-corrected chi connectivity index (χ0v) is 13.9. The molecule has 0 fully saturated rings. The first-order chi connectivity index (χ1) is 9.67. The fourth-order valence-electron chi connectivity index (χ4n) is 2.56. The molecule has 0 unspecified atom stereocenters. The molecule has 118 valence electrons. The monoisotopic (exact) mass is 312 g/mol. The van der Waals surface area contributed by atoms with Gasteiger partial charge in [-0.2, -0.15) is 9.40 Å². The minimum atomic E-state index is -3.59. The van der Waals surface area contributed by atoms with E-state index >= 15 is 0 Å². The Labute approximate surface area is 126 Å². The molecule has 0 radical (unpaired) electrons. The van der Waals surface area contributed by atoms with Gasteiger partial charge in [0.05, 0.1) is 0 Å². The molecule has 2 heterocycles. The fraction of sp³-hybridized carbons (Fsp3) is 0.643. The summed E-state index contributed by atoms with van der Waals surface area (Å²) in [6.07, 6.45) is 2.77. The second kappa shape index (κ2) is 5.55. The van der Waals surface area contributed by atoms with Gasteiger partial charge in [-0.25, -0.2) is 8.42 Å². The maximum Gasteiger partial charge on any atom is 0.263 e. The minimum absolute atomic E-state index is 0.0649. The number of aromatic nitrogens is 2. The SMILES string of the molecule is Cc1[nH]nc(S(=O)(=O)N2CC=C(C(C)(C)C)CC2)c1CN. The molecule has 1 aromatic heterocycles. The molecule has 3 N–H and O–H groups in total. The molecule has 6 nitrogen and oxygen atoms in total. The lowest BCUT2D eigenvalue weighted by Gasteiger charge is -2.31. The van der Waals surface area contributed by atoms with Crippen LogP contribution in [0.15, 0.2) is 16.7 Å². The van der Waals surface area contributed by atoms with E-state index in [0.29, 0.717) is 24.3 Å². The number of rotatable bonds is 3. The van der Waals surface area contributed by atoms with Crippen LogP contribution in [0.3, 0.4) is 0 Å². The molecule has 2 rings (SSSR count). The van der Waals surface area contributed by atoms with Crippen LogP contribution >= 0.6 is 0 Å². The summed E-state index contributed by atoms with van der Waals surface area (Å²) < 4.78 is 26.9. The van der Waals surface area contributed by atoms with Crippen molar-refractivity contribution in [1.82, 2.24) is 14.5 Å². The summed E-state index contributed by atoms with van der Waals surface area (Å²) in [5.41, 5.74) is 8.31. The maximum absolute atomic E-state index is 12.7. The van der Waals surface area contributed by atoms with Gasteiger partial charge in [0.1, 0.15) is 0 Å². The van der Waals surface area contributed by atoms with Gasteiger partial charge in [0.25, 0.3) is 10.0 Å². The number of nitrogens with one attached hydrogen (secondary N) is 1. The van der Waals surface area contributed by atoms with E-state index in [4.69, 9.17) is 5.73 Å². The van der Waals surface area contributed by atoms with Gasteiger partial charge < -0.3 is 5.73 Å². The first-order valence-electron chi connectivity index (χ1n) is 7.11. The van der Waals surface area contributed by atoms with Gasteiger partial charge in [0.15, 0.2) is 5.03 Å². The summed E-state index contributed by atoms with van der Waals surface area (Å²) in [7, 11) is -3.59. The largest absolute Gasteiger partial charge is 0.326 e. The number of sulfonamides is 1. The normalized spacial score (nSPS) is 17.9. The highest BCUT2D eigenvalue weighted by atomic mass is 32.2. The minimum Gasteiger partial charge on any atom is -0.326 e. The second-order valence-electron chi connectivity index (χ2n) is 6.43. The lowest BCUT2D eigenvalue weighted by Crippen LogP contribution is -2.37. The third kappa shape index (κ3) is 3.04. The van der Waals surface area contributed by atoms with Crippen molar-refractivity contribution in [3.8, 4) is 0 Å². The molecule has 0 spiro atoms. The maximum atomic E-state index is 12.7. The van der Waals surface area contributed by atoms with E-state index in [1.54, 1.807) is 6.92 Å². The van der Waals surface area contributed by atoms with Crippen LogP contribution in [0.5, 0.6) is 0 Å². The van der Waals surface area contributed by atoms with Crippen molar-refractivity contribution >= 4 is 10.0 Å². The first-order valence-corrected chi connectivity index (χ1v) is 8.55. The average molecular weight is 312 g/mol. The van der Waals surface area contributed by atoms with Crippen molar-refractivity contribution in [2.45, 2.75) is 45.7 Å². The van der Waals surface area contributed by atoms with E-state index in [9.17, 15) is 8.42 Å². The Hall–Kier alpha value is -1.18.